The van der Waals surface area contributed by atoms with Crippen LogP contribution < -0.4 is 11.3 Å². The summed E-state index contributed by atoms with van der Waals surface area (Å²) in [6.45, 7) is -0.342. The van der Waals surface area contributed by atoms with E-state index in [0.717, 1.165) is 4.57 Å². The molecule has 0 saturated heterocycles. The molecule has 110 valence electrons. The largest absolute Gasteiger partial charge is 0.459 e. The molecule has 7 heteroatoms. The molecule has 5 nitrogen and oxygen atoms in total. The lowest BCUT2D eigenvalue weighted by Crippen LogP contribution is -2.24. The van der Waals surface area contributed by atoms with E-state index in [1.54, 1.807) is 6.07 Å². The summed E-state index contributed by atoms with van der Waals surface area (Å²) in [5, 5.41) is 0. The van der Waals surface area contributed by atoms with Gasteiger partial charge in [0.25, 0.3) is 5.56 Å². The van der Waals surface area contributed by atoms with E-state index in [-0.39, 0.29) is 23.2 Å². The van der Waals surface area contributed by atoms with Crippen molar-refractivity contribution in [2.45, 2.75) is 13.2 Å². The summed E-state index contributed by atoms with van der Waals surface area (Å²) >= 11 is 3.08. The van der Waals surface area contributed by atoms with Gasteiger partial charge in [-0.15, -0.1) is 0 Å². The monoisotopic (exact) mass is 354 g/mol. The third-order valence-electron chi connectivity index (χ3n) is 2.73. The standard InChI is InChI=1S/C14H12BrFN2O3/c15-14-9(2-1-3-11(14)16)8-21-13(20)7-18-6-10(17)4-5-12(18)19/h1-6H,7-8,17H2. The molecule has 0 saturated carbocycles. The first-order chi connectivity index (χ1) is 9.97. The number of hydrogen-bond acceptors (Lipinski definition) is 4. The molecule has 2 N–H and O–H groups in total. The predicted octanol–water partition coefficient (Wildman–Crippen LogP) is 2.08. The van der Waals surface area contributed by atoms with E-state index < -0.39 is 11.8 Å². The molecule has 0 fully saturated rings. The van der Waals surface area contributed by atoms with Crippen LogP contribution in [0.2, 0.25) is 0 Å². The van der Waals surface area contributed by atoms with Crippen molar-refractivity contribution >= 4 is 27.6 Å². The number of benzene rings is 1. The minimum atomic E-state index is -0.612. The number of anilines is 1. The molecule has 1 heterocycles. The summed E-state index contributed by atoms with van der Waals surface area (Å²) in [5.74, 6) is -1.05. The fourth-order valence-corrected chi connectivity index (χ4v) is 2.06. The van der Waals surface area contributed by atoms with Gasteiger partial charge in [-0.05, 0) is 28.1 Å². The van der Waals surface area contributed by atoms with Gasteiger partial charge in [-0.3, -0.25) is 9.59 Å². The Hall–Kier alpha value is -2.15. The Morgan fingerprint density at radius 1 is 1.33 bits per heavy atom. The zero-order valence-electron chi connectivity index (χ0n) is 10.9. The summed E-state index contributed by atoms with van der Waals surface area (Å²) in [5.41, 5.74) is 6.07. The van der Waals surface area contributed by atoms with Crippen LogP contribution in [0.1, 0.15) is 5.56 Å². The molecular formula is C14H12BrFN2O3. The summed E-state index contributed by atoms with van der Waals surface area (Å²) in [6.07, 6.45) is 1.36. The Balaban J connectivity index is 2.01. The Morgan fingerprint density at radius 2 is 2.10 bits per heavy atom. The lowest BCUT2D eigenvalue weighted by molar-refractivity contribution is -0.145. The lowest BCUT2D eigenvalue weighted by Gasteiger charge is -2.09. The summed E-state index contributed by atoms with van der Waals surface area (Å²) < 4.78 is 19.7. The first kappa shape index (κ1) is 15.2. The number of nitrogens with zero attached hydrogens (tertiary/aromatic N) is 1. The average Bonchev–Trinajstić information content (AvgIpc) is 2.44. The number of aromatic nitrogens is 1. The maximum absolute atomic E-state index is 13.3. The molecule has 2 aromatic rings. The van der Waals surface area contributed by atoms with Crippen LogP contribution in [0.15, 0.2) is 45.8 Å². The number of esters is 1. The van der Waals surface area contributed by atoms with Gasteiger partial charge in [-0.25, -0.2) is 4.39 Å². The van der Waals surface area contributed by atoms with Gasteiger partial charge in [-0.2, -0.15) is 0 Å². The number of carbonyl (C=O) groups excluding carboxylic acids is 1. The van der Waals surface area contributed by atoms with Crippen molar-refractivity contribution in [2.24, 2.45) is 0 Å². The van der Waals surface area contributed by atoms with Crippen molar-refractivity contribution in [1.82, 2.24) is 4.57 Å². The van der Waals surface area contributed by atoms with Crippen LogP contribution in [0.3, 0.4) is 0 Å². The number of ether oxygens (including phenoxy) is 1. The maximum Gasteiger partial charge on any atom is 0.326 e. The highest BCUT2D eigenvalue weighted by atomic mass is 79.9. The molecular weight excluding hydrogens is 343 g/mol. The molecule has 0 unspecified atom stereocenters. The zero-order chi connectivity index (χ0) is 15.4. The molecule has 1 aromatic heterocycles. The molecule has 21 heavy (non-hydrogen) atoms. The normalized spacial score (nSPS) is 10.4. The topological polar surface area (TPSA) is 74.3 Å². The molecule has 2 rings (SSSR count). The van der Waals surface area contributed by atoms with E-state index in [4.69, 9.17) is 10.5 Å². The van der Waals surface area contributed by atoms with Crippen molar-refractivity contribution in [1.29, 1.82) is 0 Å². The maximum atomic E-state index is 13.3. The number of carbonyl (C=O) groups is 1. The van der Waals surface area contributed by atoms with Gasteiger partial charge in [0.1, 0.15) is 19.0 Å². The number of halogens is 2. The number of rotatable bonds is 4. The Kier molecular flexibility index (Phi) is 4.74. The van der Waals surface area contributed by atoms with E-state index in [0.29, 0.717) is 11.3 Å². The number of hydrogen-bond donors (Lipinski definition) is 1. The molecule has 0 spiro atoms. The fourth-order valence-electron chi connectivity index (χ4n) is 1.68. The van der Waals surface area contributed by atoms with Gasteiger partial charge in [-0.1, -0.05) is 12.1 Å². The first-order valence-electron chi connectivity index (χ1n) is 6.02. The summed E-state index contributed by atoms with van der Waals surface area (Å²) in [4.78, 5) is 23.2. The number of nitrogens with two attached hydrogens (primary N) is 1. The van der Waals surface area contributed by atoms with Gasteiger partial charge in [0.15, 0.2) is 0 Å². The van der Waals surface area contributed by atoms with Crippen LogP contribution in [0.25, 0.3) is 0 Å². The molecule has 0 atom stereocenters. The van der Waals surface area contributed by atoms with Gasteiger partial charge < -0.3 is 15.0 Å². The zero-order valence-corrected chi connectivity index (χ0v) is 12.5. The molecule has 0 amide bonds. The van der Waals surface area contributed by atoms with Crippen molar-refractivity contribution < 1.29 is 13.9 Å². The molecule has 0 radical (unpaired) electrons. The molecule has 0 aliphatic carbocycles. The second-order valence-corrected chi connectivity index (χ2v) is 5.10. The van der Waals surface area contributed by atoms with Crippen LogP contribution in [0.4, 0.5) is 10.1 Å². The fraction of sp³-hybridized carbons (Fsp3) is 0.143. The molecule has 1 aromatic carbocycles. The minimum absolute atomic E-state index is 0.0890. The van der Waals surface area contributed by atoms with Crippen LogP contribution in [0, 0.1) is 5.82 Å². The summed E-state index contributed by atoms with van der Waals surface area (Å²) in [6, 6.07) is 7.17. The van der Waals surface area contributed by atoms with Crippen LogP contribution >= 0.6 is 15.9 Å². The van der Waals surface area contributed by atoms with Crippen molar-refractivity contribution in [2.75, 3.05) is 5.73 Å². The van der Waals surface area contributed by atoms with E-state index in [1.165, 1.54) is 30.5 Å². The van der Waals surface area contributed by atoms with Crippen molar-refractivity contribution in [3.8, 4) is 0 Å². The van der Waals surface area contributed by atoms with Gasteiger partial charge in [0.05, 0.1) is 4.47 Å². The van der Waals surface area contributed by atoms with Crippen LogP contribution in [-0.4, -0.2) is 10.5 Å². The second-order valence-electron chi connectivity index (χ2n) is 4.30. The van der Waals surface area contributed by atoms with E-state index in [1.807, 2.05) is 0 Å². The highest BCUT2D eigenvalue weighted by molar-refractivity contribution is 9.10. The number of nitrogen functional groups attached to an aromatic ring is 1. The second kappa shape index (κ2) is 6.53. The quantitative estimate of drug-likeness (QED) is 0.853. The van der Waals surface area contributed by atoms with E-state index in [2.05, 4.69) is 15.9 Å². The third kappa shape index (κ3) is 3.91. The van der Waals surface area contributed by atoms with Crippen LogP contribution in [-0.2, 0) is 22.7 Å². The molecule has 0 aliphatic rings. The highest BCUT2D eigenvalue weighted by Gasteiger charge is 2.10. The van der Waals surface area contributed by atoms with Crippen LogP contribution in [0.5, 0.6) is 0 Å². The predicted molar refractivity (Wildman–Crippen MR) is 79.0 cm³/mol. The number of pyridine rings is 1. The Morgan fingerprint density at radius 3 is 2.86 bits per heavy atom. The van der Waals surface area contributed by atoms with E-state index in [9.17, 15) is 14.0 Å². The summed E-state index contributed by atoms with van der Waals surface area (Å²) in [7, 11) is 0. The van der Waals surface area contributed by atoms with Crippen molar-refractivity contribution in [3.63, 3.8) is 0 Å². The average molecular weight is 355 g/mol. The highest BCUT2D eigenvalue weighted by Crippen LogP contribution is 2.21. The Labute approximate surface area is 128 Å². The smallest absolute Gasteiger partial charge is 0.326 e. The first-order valence-corrected chi connectivity index (χ1v) is 6.81. The third-order valence-corrected chi connectivity index (χ3v) is 3.61. The minimum Gasteiger partial charge on any atom is -0.459 e. The van der Waals surface area contributed by atoms with Gasteiger partial charge >= 0.3 is 5.97 Å². The SMILES string of the molecule is Nc1ccc(=O)n(CC(=O)OCc2cccc(F)c2Br)c1. The lowest BCUT2D eigenvalue weighted by atomic mass is 10.2. The van der Waals surface area contributed by atoms with E-state index >= 15 is 0 Å². The Bertz CT molecular complexity index is 730. The van der Waals surface area contributed by atoms with Gasteiger partial charge in [0, 0.05) is 23.5 Å². The molecule has 0 bridgehead atoms. The van der Waals surface area contributed by atoms with Crippen molar-refractivity contribution in [3.05, 3.63) is 62.7 Å². The molecule has 0 aliphatic heterocycles. The van der Waals surface area contributed by atoms with Gasteiger partial charge in [0.2, 0.25) is 0 Å².